The number of hydrogen-bond acceptors (Lipinski definition) is 1. The number of halogens is 2. The van der Waals surface area contributed by atoms with Gasteiger partial charge in [-0.2, -0.15) is 4.39 Å². The highest BCUT2D eigenvalue weighted by molar-refractivity contribution is 5.49. The minimum Gasteiger partial charge on any atom is -0.491 e. The summed E-state index contributed by atoms with van der Waals surface area (Å²) < 4.78 is 32.7. The number of ether oxygens (including phenoxy) is 1. The summed E-state index contributed by atoms with van der Waals surface area (Å²) in [6.45, 7) is 23.0. The minimum atomic E-state index is -1.15. The topological polar surface area (TPSA) is 9.23 Å². The molecule has 0 aliphatic rings. The molecule has 0 aromatic rings. The summed E-state index contributed by atoms with van der Waals surface area (Å²) in [4.78, 5) is 0. The van der Waals surface area contributed by atoms with Crippen molar-refractivity contribution in [2.75, 3.05) is 6.61 Å². The Hall–Kier alpha value is -1.90. The highest BCUT2D eigenvalue weighted by Crippen LogP contribution is 2.27. The van der Waals surface area contributed by atoms with Gasteiger partial charge in [-0.3, -0.25) is 0 Å². The lowest BCUT2D eigenvalue weighted by Gasteiger charge is -2.13. The van der Waals surface area contributed by atoms with Gasteiger partial charge < -0.3 is 4.74 Å². The van der Waals surface area contributed by atoms with Crippen molar-refractivity contribution in [1.29, 1.82) is 0 Å². The normalized spacial score (nSPS) is 13.6. The molecule has 0 fully saturated rings. The van der Waals surface area contributed by atoms with Gasteiger partial charge in [0.1, 0.15) is 0 Å². The Kier molecular flexibility index (Phi) is 9.94. The van der Waals surface area contributed by atoms with Crippen LogP contribution in [0.25, 0.3) is 0 Å². The van der Waals surface area contributed by atoms with Crippen LogP contribution in [0.2, 0.25) is 0 Å². The minimum absolute atomic E-state index is 0.132. The van der Waals surface area contributed by atoms with Gasteiger partial charge in [-0.25, -0.2) is 4.39 Å². The van der Waals surface area contributed by atoms with Gasteiger partial charge in [0.25, 0.3) is 0 Å². The first-order valence-electron chi connectivity index (χ1n) is 8.24. The van der Waals surface area contributed by atoms with Crippen LogP contribution in [0.3, 0.4) is 0 Å². The quantitative estimate of drug-likeness (QED) is 0.292. The fourth-order valence-electron chi connectivity index (χ4n) is 1.87. The van der Waals surface area contributed by atoms with Crippen LogP contribution in [0.1, 0.15) is 40.5 Å². The maximum Gasteiger partial charge on any atom is 0.200 e. The van der Waals surface area contributed by atoms with Crippen LogP contribution in [0.4, 0.5) is 8.78 Å². The number of hydrogen-bond donors (Lipinski definition) is 0. The first-order valence-corrected chi connectivity index (χ1v) is 8.24. The number of allylic oxidation sites excluding steroid dienone is 7. The molecular formula is C21H30F2O. The molecule has 0 saturated heterocycles. The standard InChI is InChI=1S/C21H30F2O/c1-9-24-19(8)21(23)20(22)18(7)17(6)13-12-16(5)15(4)11-10-14(2)3/h12-15H,5-11H2,1-4H3/b13-12-,21-20-. The zero-order chi connectivity index (χ0) is 18.9. The molecule has 1 atom stereocenters. The van der Waals surface area contributed by atoms with Crippen molar-refractivity contribution in [3.63, 3.8) is 0 Å². The largest absolute Gasteiger partial charge is 0.491 e. The smallest absolute Gasteiger partial charge is 0.200 e. The first kappa shape index (κ1) is 22.1. The van der Waals surface area contributed by atoms with E-state index in [2.05, 4.69) is 47.1 Å². The first-order chi connectivity index (χ1) is 11.1. The van der Waals surface area contributed by atoms with E-state index >= 15 is 0 Å². The van der Waals surface area contributed by atoms with E-state index in [1.165, 1.54) is 0 Å². The Morgan fingerprint density at radius 2 is 1.54 bits per heavy atom. The van der Waals surface area contributed by atoms with E-state index in [0.29, 0.717) is 11.8 Å². The third kappa shape index (κ3) is 7.58. The molecule has 0 aromatic heterocycles. The fourth-order valence-corrected chi connectivity index (χ4v) is 1.87. The lowest BCUT2D eigenvalue weighted by Crippen LogP contribution is -1.99. The van der Waals surface area contributed by atoms with Gasteiger partial charge in [-0.05, 0) is 30.8 Å². The molecule has 3 heteroatoms. The summed E-state index contributed by atoms with van der Waals surface area (Å²) in [5.74, 6) is -1.65. The summed E-state index contributed by atoms with van der Waals surface area (Å²) >= 11 is 0. The molecule has 0 aliphatic carbocycles. The lowest BCUT2D eigenvalue weighted by atomic mass is 9.93. The molecule has 0 aliphatic heterocycles. The second-order valence-electron chi connectivity index (χ2n) is 6.27. The van der Waals surface area contributed by atoms with E-state index in [1.807, 2.05) is 0 Å². The van der Waals surface area contributed by atoms with Crippen molar-refractivity contribution < 1.29 is 13.5 Å². The average molecular weight is 336 g/mol. The second kappa shape index (κ2) is 10.8. The predicted molar refractivity (Wildman–Crippen MR) is 99.8 cm³/mol. The van der Waals surface area contributed by atoms with E-state index in [-0.39, 0.29) is 23.5 Å². The molecule has 1 unspecified atom stereocenters. The van der Waals surface area contributed by atoms with Crippen LogP contribution in [0.15, 0.2) is 72.6 Å². The van der Waals surface area contributed by atoms with E-state index < -0.39 is 11.7 Å². The molecule has 0 saturated carbocycles. The Balaban J connectivity index is 4.86. The summed E-state index contributed by atoms with van der Waals surface area (Å²) in [7, 11) is 0. The Morgan fingerprint density at radius 1 is 0.958 bits per heavy atom. The fraction of sp³-hybridized carbons (Fsp3) is 0.429. The molecular weight excluding hydrogens is 306 g/mol. The summed E-state index contributed by atoms with van der Waals surface area (Å²) in [6, 6.07) is 0. The molecule has 0 rings (SSSR count). The van der Waals surface area contributed by atoms with E-state index in [9.17, 15) is 8.78 Å². The van der Waals surface area contributed by atoms with Crippen molar-refractivity contribution in [2.45, 2.75) is 40.5 Å². The zero-order valence-electron chi connectivity index (χ0n) is 15.4. The van der Waals surface area contributed by atoms with E-state index in [0.717, 1.165) is 18.4 Å². The molecule has 24 heavy (non-hydrogen) atoms. The van der Waals surface area contributed by atoms with Crippen LogP contribution in [-0.4, -0.2) is 6.61 Å². The van der Waals surface area contributed by atoms with Crippen molar-refractivity contribution in [3.05, 3.63) is 72.6 Å². The van der Waals surface area contributed by atoms with Gasteiger partial charge in [-0.1, -0.05) is 71.2 Å². The maximum atomic E-state index is 14.1. The summed E-state index contributed by atoms with van der Waals surface area (Å²) in [6.07, 6.45) is 5.53. The highest BCUT2D eigenvalue weighted by atomic mass is 19.2. The van der Waals surface area contributed by atoms with Crippen LogP contribution >= 0.6 is 0 Å². The zero-order valence-corrected chi connectivity index (χ0v) is 15.4. The van der Waals surface area contributed by atoms with Gasteiger partial charge in [0.2, 0.25) is 5.83 Å². The highest BCUT2D eigenvalue weighted by Gasteiger charge is 2.15. The van der Waals surface area contributed by atoms with E-state index in [4.69, 9.17) is 4.74 Å². The molecule has 134 valence electrons. The molecule has 0 bridgehead atoms. The molecule has 0 spiro atoms. The van der Waals surface area contributed by atoms with Gasteiger partial charge in [0, 0.05) is 5.57 Å². The van der Waals surface area contributed by atoms with Crippen LogP contribution in [0.5, 0.6) is 0 Å². The third-order valence-electron chi connectivity index (χ3n) is 3.72. The third-order valence-corrected chi connectivity index (χ3v) is 3.72. The SMILES string of the molecule is C=C(/C=C\C(=C)C(C)CCC(C)C)C(=C)/C(F)=C(/F)C(=C)OCC. The molecule has 0 radical (unpaired) electrons. The molecule has 0 N–H and O–H groups in total. The van der Waals surface area contributed by atoms with Gasteiger partial charge in [0.05, 0.1) is 6.61 Å². The van der Waals surface area contributed by atoms with E-state index in [1.54, 1.807) is 19.1 Å². The molecule has 0 heterocycles. The Morgan fingerprint density at radius 3 is 2.04 bits per heavy atom. The molecule has 1 nitrogen and oxygen atoms in total. The molecule has 0 amide bonds. The van der Waals surface area contributed by atoms with Crippen molar-refractivity contribution in [1.82, 2.24) is 0 Å². The maximum absolute atomic E-state index is 14.1. The van der Waals surface area contributed by atoms with Crippen molar-refractivity contribution in [2.24, 2.45) is 11.8 Å². The molecule has 0 aromatic carbocycles. The summed E-state index contributed by atoms with van der Waals surface area (Å²) in [5.41, 5.74) is 1.07. The van der Waals surface area contributed by atoms with Crippen molar-refractivity contribution in [3.8, 4) is 0 Å². The summed E-state index contributed by atoms with van der Waals surface area (Å²) in [5, 5.41) is 0. The number of rotatable bonds is 11. The Labute approximate surface area is 145 Å². The Bertz CT molecular complexity index is 550. The van der Waals surface area contributed by atoms with Crippen molar-refractivity contribution >= 4 is 0 Å². The van der Waals surface area contributed by atoms with Gasteiger partial charge in [-0.15, -0.1) is 0 Å². The monoisotopic (exact) mass is 336 g/mol. The van der Waals surface area contributed by atoms with Crippen LogP contribution < -0.4 is 0 Å². The van der Waals surface area contributed by atoms with Gasteiger partial charge >= 0.3 is 0 Å². The average Bonchev–Trinajstić information content (AvgIpc) is 2.54. The lowest BCUT2D eigenvalue weighted by molar-refractivity contribution is 0.224. The predicted octanol–water partition coefficient (Wildman–Crippen LogP) is 6.98. The van der Waals surface area contributed by atoms with Gasteiger partial charge in [0.15, 0.2) is 11.6 Å². The van der Waals surface area contributed by atoms with Crippen LogP contribution in [0, 0.1) is 11.8 Å². The second-order valence-corrected chi connectivity index (χ2v) is 6.27. The van der Waals surface area contributed by atoms with Crippen LogP contribution in [-0.2, 0) is 4.74 Å².